The van der Waals surface area contributed by atoms with Crippen molar-refractivity contribution in [2.75, 3.05) is 5.88 Å². The fourth-order valence-corrected chi connectivity index (χ4v) is 4.63. The summed E-state index contributed by atoms with van der Waals surface area (Å²) >= 11 is 5.92. The molecule has 3 unspecified atom stereocenters. The normalized spacial score (nSPS) is 27.8. The molecule has 1 heterocycles. The van der Waals surface area contributed by atoms with Crippen LogP contribution < -0.4 is 0 Å². The molecule has 0 aliphatic heterocycles. The number of rotatable bonds is 4. The van der Waals surface area contributed by atoms with Crippen LogP contribution in [-0.2, 0) is 13.0 Å². The molecule has 4 heteroatoms. The van der Waals surface area contributed by atoms with Crippen LogP contribution in [0.25, 0.3) is 11.0 Å². The van der Waals surface area contributed by atoms with E-state index in [2.05, 4.69) is 9.55 Å². The predicted octanol–water partition coefficient (Wildman–Crippen LogP) is 4.39. The summed E-state index contributed by atoms with van der Waals surface area (Å²) < 4.78 is 15.8. The molecule has 0 spiro atoms. The summed E-state index contributed by atoms with van der Waals surface area (Å²) in [4.78, 5) is 4.66. The lowest BCUT2D eigenvalue weighted by molar-refractivity contribution is 0.296. The molecule has 1 aromatic heterocycles. The van der Waals surface area contributed by atoms with Gasteiger partial charge >= 0.3 is 0 Å². The number of aryl methyl sites for hydroxylation is 1. The molecule has 3 atom stereocenters. The van der Waals surface area contributed by atoms with Gasteiger partial charge in [-0.1, -0.05) is 6.42 Å². The van der Waals surface area contributed by atoms with Gasteiger partial charge in [0.25, 0.3) is 0 Å². The molecule has 2 aliphatic carbocycles. The zero-order valence-corrected chi connectivity index (χ0v) is 12.8. The van der Waals surface area contributed by atoms with Crippen LogP contribution in [0.3, 0.4) is 0 Å². The molecule has 4 rings (SSSR count). The summed E-state index contributed by atoms with van der Waals surface area (Å²) in [5.41, 5.74) is 1.82. The Balaban J connectivity index is 1.71. The van der Waals surface area contributed by atoms with E-state index in [1.807, 2.05) is 0 Å². The van der Waals surface area contributed by atoms with Gasteiger partial charge in [0.1, 0.15) is 11.6 Å². The van der Waals surface area contributed by atoms with E-state index >= 15 is 0 Å². The number of aromatic nitrogens is 2. The summed E-state index contributed by atoms with van der Waals surface area (Å²) in [6.07, 6.45) is 6.27. The highest BCUT2D eigenvalue weighted by atomic mass is 35.5. The minimum absolute atomic E-state index is 0.186. The molecule has 2 aromatic rings. The highest BCUT2D eigenvalue weighted by molar-refractivity contribution is 6.17. The van der Waals surface area contributed by atoms with E-state index < -0.39 is 0 Å². The van der Waals surface area contributed by atoms with Gasteiger partial charge in [-0.2, -0.15) is 0 Å². The molecular formula is C17H20ClFN2. The number of halogens is 2. The predicted molar refractivity (Wildman–Crippen MR) is 83.1 cm³/mol. The second kappa shape index (κ2) is 5.28. The fourth-order valence-electron chi connectivity index (χ4n) is 4.46. The Morgan fingerprint density at radius 1 is 1.29 bits per heavy atom. The van der Waals surface area contributed by atoms with Crippen molar-refractivity contribution in [3.05, 3.63) is 29.8 Å². The number of imidazole rings is 1. The van der Waals surface area contributed by atoms with Crippen molar-refractivity contribution in [1.29, 1.82) is 0 Å². The minimum Gasteiger partial charge on any atom is -0.328 e. The topological polar surface area (TPSA) is 17.8 Å². The van der Waals surface area contributed by atoms with E-state index in [4.69, 9.17) is 11.6 Å². The van der Waals surface area contributed by atoms with Gasteiger partial charge in [0.2, 0.25) is 0 Å². The monoisotopic (exact) mass is 306 g/mol. The summed E-state index contributed by atoms with van der Waals surface area (Å²) in [5, 5.41) is 0. The molecule has 0 amide bonds. The Labute approximate surface area is 129 Å². The highest BCUT2D eigenvalue weighted by Gasteiger charge is 2.39. The van der Waals surface area contributed by atoms with Gasteiger partial charge in [-0.3, -0.25) is 0 Å². The van der Waals surface area contributed by atoms with Crippen molar-refractivity contribution in [3.63, 3.8) is 0 Å². The van der Waals surface area contributed by atoms with E-state index in [1.54, 1.807) is 12.1 Å². The smallest absolute Gasteiger partial charge is 0.125 e. The molecule has 0 saturated heterocycles. The Morgan fingerprint density at radius 2 is 2.19 bits per heavy atom. The highest BCUT2D eigenvalue weighted by Crippen LogP contribution is 2.49. The van der Waals surface area contributed by atoms with Gasteiger partial charge in [0.15, 0.2) is 0 Å². The molecule has 2 bridgehead atoms. The third kappa shape index (κ3) is 2.36. The van der Waals surface area contributed by atoms with Crippen molar-refractivity contribution in [1.82, 2.24) is 9.55 Å². The number of hydrogen-bond donors (Lipinski definition) is 0. The zero-order chi connectivity index (χ0) is 14.4. The molecule has 2 aliphatic rings. The largest absolute Gasteiger partial charge is 0.328 e. The van der Waals surface area contributed by atoms with Crippen molar-refractivity contribution in [2.45, 2.75) is 38.6 Å². The molecule has 0 N–H and O–H groups in total. The molecule has 1 aromatic carbocycles. The van der Waals surface area contributed by atoms with Gasteiger partial charge in [0.05, 0.1) is 11.0 Å². The quantitative estimate of drug-likeness (QED) is 0.766. The molecule has 2 saturated carbocycles. The molecule has 21 heavy (non-hydrogen) atoms. The van der Waals surface area contributed by atoms with Crippen molar-refractivity contribution < 1.29 is 4.39 Å². The Kier molecular flexibility index (Phi) is 3.41. The second-order valence-corrected chi connectivity index (χ2v) is 7.02. The van der Waals surface area contributed by atoms with Crippen molar-refractivity contribution >= 4 is 22.6 Å². The van der Waals surface area contributed by atoms with E-state index in [-0.39, 0.29) is 5.82 Å². The summed E-state index contributed by atoms with van der Waals surface area (Å²) in [6.45, 7) is 0.980. The van der Waals surface area contributed by atoms with Gasteiger partial charge < -0.3 is 4.57 Å². The van der Waals surface area contributed by atoms with Crippen LogP contribution in [0.5, 0.6) is 0 Å². The maximum absolute atomic E-state index is 13.6. The third-order valence-corrected chi connectivity index (χ3v) is 5.60. The maximum Gasteiger partial charge on any atom is 0.125 e. The lowest BCUT2D eigenvalue weighted by atomic mass is 9.88. The van der Waals surface area contributed by atoms with Crippen LogP contribution in [0.15, 0.2) is 18.2 Å². The fraction of sp³-hybridized carbons (Fsp3) is 0.588. The average Bonchev–Trinajstić information content (AvgIpc) is 3.15. The SMILES string of the molecule is Fc1ccc2nc(CCCl)n(CC3CC4CCC3C4)c2c1. The van der Waals surface area contributed by atoms with Gasteiger partial charge in [-0.05, 0) is 55.2 Å². The van der Waals surface area contributed by atoms with Gasteiger partial charge in [-0.15, -0.1) is 11.6 Å². The Bertz CT molecular complexity index is 666. The first-order valence-electron chi connectivity index (χ1n) is 7.95. The number of nitrogens with zero attached hydrogens (tertiary/aromatic N) is 2. The lowest BCUT2D eigenvalue weighted by Crippen LogP contribution is -2.19. The first kappa shape index (κ1) is 13.6. The number of hydrogen-bond acceptors (Lipinski definition) is 1. The van der Waals surface area contributed by atoms with E-state index in [0.717, 1.165) is 47.6 Å². The zero-order valence-electron chi connectivity index (χ0n) is 12.1. The lowest BCUT2D eigenvalue weighted by Gasteiger charge is -2.23. The van der Waals surface area contributed by atoms with E-state index in [0.29, 0.717) is 5.88 Å². The van der Waals surface area contributed by atoms with Gasteiger partial charge in [-0.25, -0.2) is 9.37 Å². The molecular weight excluding hydrogens is 287 g/mol. The summed E-state index contributed by atoms with van der Waals surface area (Å²) in [5.74, 6) is 3.91. The van der Waals surface area contributed by atoms with Crippen molar-refractivity contribution in [2.24, 2.45) is 17.8 Å². The summed E-state index contributed by atoms with van der Waals surface area (Å²) in [7, 11) is 0. The summed E-state index contributed by atoms with van der Waals surface area (Å²) in [6, 6.07) is 4.88. The standard InChI is InChI=1S/C17H20ClFN2/c18-6-5-17-20-15-4-3-14(19)9-16(15)21(17)10-13-8-11-1-2-12(13)7-11/h3-4,9,11-13H,1-2,5-8,10H2. The molecule has 2 fully saturated rings. The number of fused-ring (bicyclic) bond motifs is 3. The van der Waals surface area contributed by atoms with E-state index in [9.17, 15) is 4.39 Å². The Hall–Kier alpha value is -1.09. The van der Waals surface area contributed by atoms with Crippen LogP contribution in [0.2, 0.25) is 0 Å². The van der Waals surface area contributed by atoms with Crippen LogP contribution in [0.4, 0.5) is 4.39 Å². The molecule has 0 radical (unpaired) electrons. The van der Waals surface area contributed by atoms with Crippen LogP contribution >= 0.6 is 11.6 Å². The van der Waals surface area contributed by atoms with Crippen molar-refractivity contribution in [3.8, 4) is 0 Å². The average molecular weight is 307 g/mol. The molecule has 2 nitrogen and oxygen atoms in total. The maximum atomic E-state index is 13.6. The van der Waals surface area contributed by atoms with E-state index in [1.165, 1.54) is 31.7 Å². The Morgan fingerprint density at radius 3 is 2.90 bits per heavy atom. The first-order valence-corrected chi connectivity index (χ1v) is 8.48. The van der Waals surface area contributed by atoms with Gasteiger partial charge in [0, 0.05) is 18.8 Å². The number of alkyl halides is 1. The number of benzene rings is 1. The van der Waals surface area contributed by atoms with Crippen LogP contribution in [0.1, 0.15) is 31.5 Å². The molecule has 112 valence electrons. The third-order valence-electron chi connectivity index (χ3n) is 5.41. The van der Waals surface area contributed by atoms with Crippen LogP contribution in [0, 0.1) is 23.6 Å². The first-order chi connectivity index (χ1) is 10.2. The minimum atomic E-state index is -0.186. The van der Waals surface area contributed by atoms with Crippen LogP contribution in [-0.4, -0.2) is 15.4 Å². The second-order valence-electron chi connectivity index (χ2n) is 6.65.